The van der Waals surface area contributed by atoms with Crippen molar-refractivity contribution in [3.05, 3.63) is 272 Å². The normalized spacial score (nSPS) is 20.0. The van der Waals surface area contributed by atoms with Crippen molar-refractivity contribution in [2.45, 2.75) is 138 Å². The van der Waals surface area contributed by atoms with E-state index < -0.39 is 37.8 Å². The molecule has 0 saturated heterocycles. The van der Waals surface area contributed by atoms with E-state index in [0.29, 0.717) is 0 Å². The highest BCUT2D eigenvalue weighted by atomic mass is 28.3. The molecular formula is C80H74Si2. The summed E-state index contributed by atoms with van der Waals surface area (Å²) in [6.07, 6.45) is 14.0. The maximum atomic E-state index is 4.17. The van der Waals surface area contributed by atoms with Crippen LogP contribution in [0, 0.1) is 46.6 Å². The molecule has 9 aromatic carbocycles. The SMILES string of the molecule is CCCCCCCCCCCCc1c2cccc(C#CC34c5ccccc5C(C#C[Si](C)(C)C)(c5ccccc53)c3ccccc34)c2cc2c(C#CC34c5ccccc5C(C#C[Si](C)(C)C)(c5ccccc53)c3ccccc34)cccc12. The number of rotatable bonds is 11. The van der Waals surface area contributed by atoms with Crippen LogP contribution in [0.25, 0.3) is 21.5 Å². The van der Waals surface area contributed by atoms with Crippen LogP contribution in [0.5, 0.6) is 0 Å². The van der Waals surface area contributed by atoms with E-state index in [2.05, 4.69) is 281 Å². The molecule has 4 bridgehead atoms. The van der Waals surface area contributed by atoms with Gasteiger partial charge in [-0.05, 0) is 125 Å². The van der Waals surface area contributed by atoms with Crippen LogP contribution in [0.4, 0.5) is 0 Å². The van der Waals surface area contributed by atoms with Crippen LogP contribution >= 0.6 is 0 Å². The van der Waals surface area contributed by atoms with Gasteiger partial charge in [0.2, 0.25) is 0 Å². The molecule has 0 atom stereocenters. The fraction of sp³-hybridized carbons (Fsp3) is 0.275. The Kier molecular flexibility index (Phi) is 13.6. The van der Waals surface area contributed by atoms with Gasteiger partial charge in [0, 0.05) is 11.1 Å². The highest BCUT2D eigenvalue weighted by Gasteiger charge is 2.59. The Balaban J connectivity index is 1.00. The topological polar surface area (TPSA) is 0 Å². The third-order valence-corrected chi connectivity index (χ3v) is 20.1. The molecule has 82 heavy (non-hydrogen) atoms. The molecule has 2 heteroatoms. The third kappa shape index (κ3) is 8.44. The lowest BCUT2D eigenvalue weighted by molar-refractivity contribution is 0.557. The molecule has 0 radical (unpaired) electrons. The Labute approximate surface area is 491 Å². The van der Waals surface area contributed by atoms with Crippen LogP contribution in [0.1, 0.15) is 155 Å². The lowest BCUT2D eigenvalue weighted by Gasteiger charge is -2.52. The molecule has 0 N–H and O–H groups in total. The third-order valence-electron chi connectivity index (χ3n) is 18.4. The molecule has 0 saturated carbocycles. The standard InChI is InChI=1S/C80H74Si2/c1-8-9-10-11-12-13-14-15-16-17-34-60-61-35-30-32-58(49-51-77-65-37-18-24-43-71(65)79(53-55-81(2,3)4,72-44-25-19-38-66(72)77)73-45-26-20-39-67(73)77)63(61)57-64-59(33-31-36-62(60)64)50-52-78-68-40-21-27-46-74(68)80(54-56-82(5,6)7,75-47-28-22-41-69(75)78)76-48-29-23-42-70(76)78/h18-33,35-48,57H,8-17,34H2,1-7H3. The van der Waals surface area contributed by atoms with Crippen molar-refractivity contribution in [1.29, 1.82) is 0 Å². The average molecular weight is 1090 g/mol. The number of hydrogen-bond donors (Lipinski definition) is 0. The minimum absolute atomic E-state index is 0.585. The van der Waals surface area contributed by atoms with Gasteiger partial charge in [0.25, 0.3) is 0 Å². The zero-order valence-electron chi connectivity index (χ0n) is 49.2. The van der Waals surface area contributed by atoms with Crippen molar-refractivity contribution in [3.8, 4) is 46.6 Å². The first-order valence-electron chi connectivity index (χ1n) is 30.6. The Morgan fingerprint density at radius 3 is 0.841 bits per heavy atom. The molecular weight excluding hydrogens is 1020 g/mol. The minimum atomic E-state index is -1.78. The summed E-state index contributed by atoms with van der Waals surface area (Å²) in [5.74, 6) is 24.4. The molecule has 0 amide bonds. The molecule has 0 aromatic heterocycles. The maximum Gasteiger partial charge on any atom is 0.129 e. The van der Waals surface area contributed by atoms with Crippen molar-refractivity contribution >= 4 is 37.7 Å². The highest BCUT2D eigenvalue weighted by molar-refractivity contribution is 6.84. The van der Waals surface area contributed by atoms with Gasteiger partial charge in [-0.3, -0.25) is 0 Å². The van der Waals surface area contributed by atoms with E-state index in [1.165, 1.54) is 152 Å². The van der Waals surface area contributed by atoms with Gasteiger partial charge in [-0.15, -0.1) is 11.1 Å². The monoisotopic (exact) mass is 1090 g/mol. The van der Waals surface area contributed by atoms with Crippen LogP contribution in [0.3, 0.4) is 0 Å². The molecule has 0 fully saturated rings. The molecule has 0 spiro atoms. The molecule has 9 aromatic rings. The van der Waals surface area contributed by atoms with Gasteiger partial charge in [-0.25, -0.2) is 0 Å². The summed E-state index contributed by atoms with van der Waals surface area (Å²) in [6.45, 7) is 16.4. The van der Waals surface area contributed by atoms with Crippen LogP contribution in [-0.4, -0.2) is 16.1 Å². The number of aryl methyl sites for hydroxylation is 1. The lowest BCUT2D eigenvalue weighted by Crippen LogP contribution is -2.50. The molecule has 0 unspecified atom stereocenters. The second kappa shape index (κ2) is 20.9. The molecule has 6 aliphatic carbocycles. The van der Waals surface area contributed by atoms with Gasteiger partial charge in [0.1, 0.15) is 37.8 Å². The molecule has 0 nitrogen and oxygen atoms in total. The van der Waals surface area contributed by atoms with Gasteiger partial charge in [0.05, 0.1) is 0 Å². The van der Waals surface area contributed by atoms with Gasteiger partial charge in [-0.1, -0.05) is 309 Å². The zero-order chi connectivity index (χ0) is 56.3. The Morgan fingerprint density at radius 2 is 0.561 bits per heavy atom. The van der Waals surface area contributed by atoms with Crippen molar-refractivity contribution in [2.24, 2.45) is 0 Å². The Hall–Kier alpha value is -7.83. The summed E-state index contributed by atoms with van der Waals surface area (Å²) in [6, 6.07) is 70.6. The summed E-state index contributed by atoms with van der Waals surface area (Å²) in [4.78, 5) is 0. The Morgan fingerprint density at radius 1 is 0.293 bits per heavy atom. The maximum absolute atomic E-state index is 4.17. The summed E-state index contributed by atoms with van der Waals surface area (Å²) >= 11 is 0. The lowest BCUT2D eigenvalue weighted by atomic mass is 9.47. The van der Waals surface area contributed by atoms with Gasteiger partial charge < -0.3 is 0 Å². The van der Waals surface area contributed by atoms with Crippen LogP contribution in [0.2, 0.25) is 39.3 Å². The average Bonchev–Trinajstić information content (AvgIpc) is 3.21. The van der Waals surface area contributed by atoms with Gasteiger partial charge in [-0.2, -0.15) is 0 Å². The van der Waals surface area contributed by atoms with E-state index in [1.54, 1.807) is 0 Å². The summed E-state index contributed by atoms with van der Waals surface area (Å²) in [7, 11) is -3.56. The smallest absolute Gasteiger partial charge is 0.129 e. The number of hydrogen-bond acceptors (Lipinski definition) is 0. The van der Waals surface area contributed by atoms with Crippen LogP contribution < -0.4 is 0 Å². The van der Waals surface area contributed by atoms with Crippen molar-refractivity contribution in [2.75, 3.05) is 0 Å². The molecule has 0 heterocycles. The fourth-order valence-corrected chi connectivity index (χ4v) is 15.9. The molecule has 0 aliphatic heterocycles. The minimum Gasteiger partial charge on any atom is -0.130 e. The second-order valence-electron chi connectivity index (χ2n) is 25.9. The highest BCUT2D eigenvalue weighted by Crippen LogP contribution is 2.63. The van der Waals surface area contributed by atoms with E-state index in [1.807, 2.05) is 0 Å². The zero-order valence-corrected chi connectivity index (χ0v) is 51.2. The number of benzene rings is 9. The molecule has 15 rings (SSSR count). The van der Waals surface area contributed by atoms with Crippen molar-refractivity contribution in [3.63, 3.8) is 0 Å². The van der Waals surface area contributed by atoms with Gasteiger partial charge >= 0.3 is 0 Å². The van der Waals surface area contributed by atoms with E-state index in [4.69, 9.17) is 0 Å². The first-order valence-corrected chi connectivity index (χ1v) is 37.6. The van der Waals surface area contributed by atoms with Gasteiger partial charge in [0.15, 0.2) is 0 Å². The van der Waals surface area contributed by atoms with Crippen LogP contribution in [0.15, 0.2) is 188 Å². The fourth-order valence-electron chi connectivity index (χ4n) is 14.8. The quantitative estimate of drug-likeness (QED) is 0.0524. The number of unbranched alkanes of at least 4 members (excludes halogenated alkanes) is 9. The van der Waals surface area contributed by atoms with Crippen molar-refractivity contribution in [1.82, 2.24) is 0 Å². The van der Waals surface area contributed by atoms with E-state index >= 15 is 0 Å². The van der Waals surface area contributed by atoms with E-state index in [-0.39, 0.29) is 0 Å². The van der Waals surface area contributed by atoms with E-state index in [0.717, 1.165) is 24.0 Å². The second-order valence-corrected chi connectivity index (χ2v) is 35.4. The molecule has 402 valence electrons. The summed E-state index contributed by atoms with van der Waals surface area (Å²) in [5, 5.41) is 4.95. The van der Waals surface area contributed by atoms with E-state index in [9.17, 15) is 0 Å². The number of fused-ring (bicyclic) bond motifs is 2. The summed E-state index contributed by atoms with van der Waals surface area (Å²) < 4.78 is 0. The van der Waals surface area contributed by atoms with Crippen molar-refractivity contribution < 1.29 is 0 Å². The largest absolute Gasteiger partial charge is 0.130 e. The first kappa shape index (κ1) is 53.5. The first-order chi connectivity index (χ1) is 39.9. The summed E-state index contributed by atoms with van der Waals surface area (Å²) in [5.41, 5.74) is 23.6. The predicted octanol–water partition coefficient (Wildman–Crippen LogP) is 18.9. The predicted molar refractivity (Wildman–Crippen MR) is 351 cm³/mol. The Bertz CT molecular complexity index is 3790. The van der Waals surface area contributed by atoms with Crippen LogP contribution in [-0.2, 0) is 28.1 Å². The molecule has 6 aliphatic rings.